The molecule has 0 radical (unpaired) electrons. The van der Waals surface area contributed by atoms with Crippen LogP contribution in [0, 0.1) is 0 Å². The highest BCUT2D eigenvalue weighted by molar-refractivity contribution is 6.02. The average Bonchev–Trinajstić information content (AvgIpc) is 3.49. The number of aromatic nitrogens is 1. The third-order valence-corrected chi connectivity index (χ3v) is 6.10. The average molecular weight is 415 g/mol. The van der Waals surface area contributed by atoms with Crippen LogP contribution in [0.1, 0.15) is 41.6 Å². The van der Waals surface area contributed by atoms with Crippen LogP contribution < -0.4 is 15.1 Å². The first-order valence-corrected chi connectivity index (χ1v) is 11.0. The molecular weight excluding hydrogens is 388 g/mol. The molecule has 2 aliphatic heterocycles. The van der Waals surface area contributed by atoms with Gasteiger partial charge in [-0.25, -0.2) is 4.98 Å². The fraction of sp³-hybridized carbons (Fsp3) is 0.320. The summed E-state index contributed by atoms with van der Waals surface area (Å²) in [5.74, 6) is 0.812. The number of carbonyl (C=O) groups excluding carboxylic acids is 2. The van der Waals surface area contributed by atoms with Gasteiger partial charge in [-0.3, -0.25) is 9.59 Å². The molecule has 2 fully saturated rings. The van der Waals surface area contributed by atoms with Crippen molar-refractivity contribution in [2.24, 2.45) is 0 Å². The summed E-state index contributed by atoms with van der Waals surface area (Å²) >= 11 is 0. The van der Waals surface area contributed by atoms with Crippen LogP contribution in [-0.4, -0.2) is 36.4 Å². The minimum atomic E-state index is -0.122. The zero-order valence-electron chi connectivity index (χ0n) is 17.5. The second-order valence-electron chi connectivity index (χ2n) is 8.25. The maximum atomic E-state index is 13.2. The van der Waals surface area contributed by atoms with Crippen molar-refractivity contribution in [2.45, 2.75) is 32.2 Å². The Balaban J connectivity index is 1.38. The van der Waals surface area contributed by atoms with Gasteiger partial charge >= 0.3 is 0 Å². The van der Waals surface area contributed by atoms with E-state index in [1.165, 1.54) is 0 Å². The van der Waals surface area contributed by atoms with Crippen LogP contribution in [0.5, 0.6) is 0 Å². The van der Waals surface area contributed by atoms with Gasteiger partial charge in [-0.2, -0.15) is 0 Å². The smallest absolute Gasteiger partial charge is 0.255 e. The zero-order valence-corrected chi connectivity index (χ0v) is 17.5. The number of hydrogen-bond donors (Lipinski definition) is 1. The Morgan fingerprint density at radius 3 is 2.61 bits per heavy atom. The van der Waals surface area contributed by atoms with E-state index in [1.807, 2.05) is 59.5 Å². The van der Waals surface area contributed by atoms with E-state index in [0.717, 1.165) is 66.9 Å². The van der Waals surface area contributed by atoms with Gasteiger partial charge in [0.1, 0.15) is 5.82 Å². The number of anilines is 2. The van der Waals surface area contributed by atoms with Crippen molar-refractivity contribution in [3.63, 3.8) is 0 Å². The number of nitrogens with one attached hydrogen (secondary N) is 1. The molecule has 1 aromatic heterocycles. The summed E-state index contributed by atoms with van der Waals surface area (Å²) in [5.41, 5.74) is 3.40. The second-order valence-corrected chi connectivity index (χ2v) is 8.25. The molecule has 2 aliphatic rings. The molecule has 0 bridgehead atoms. The van der Waals surface area contributed by atoms with E-state index in [4.69, 9.17) is 4.98 Å². The van der Waals surface area contributed by atoms with Crippen LogP contribution in [0.15, 0.2) is 54.6 Å². The van der Waals surface area contributed by atoms with Crippen LogP contribution in [-0.2, 0) is 11.3 Å². The SMILES string of the molecule is O=C(NCc1cccc(N2CCCC2=O)c1)c1cc2ccccc2nc1N1CCCC1. The summed E-state index contributed by atoms with van der Waals surface area (Å²) in [4.78, 5) is 34.1. The minimum absolute atomic E-state index is 0.122. The fourth-order valence-corrected chi connectivity index (χ4v) is 4.48. The molecule has 0 unspecified atom stereocenters. The Morgan fingerprint density at radius 1 is 0.968 bits per heavy atom. The van der Waals surface area contributed by atoms with Crippen molar-refractivity contribution >= 4 is 34.2 Å². The molecule has 1 N–H and O–H groups in total. The molecule has 3 heterocycles. The van der Waals surface area contributed by atoms with Gasteiger partial charge in [-0.05, 0) is 49.1 Å². The molecule has 0 saturated carbocycles. The number of nitrogens with zero attached hydrogens (tertiary/aromatic N) is 3. The number of para-hydroxylation sites is 1. The van der Waals surface area contributed by atoms with Gasteiger partial charge in [0.2, 0.25) is 5.91 Å². The fourth-order valence-electron chi connectivity index (χ4n) is 4.48. The highest BCUT2D eigenvalue weighted by Crippen LogP contribution is 2.27. The number of carbonyl (C=O) groups is 2. The third-order valence-electron chi connectivity index (χ3n) is 6.10. The van der Waals surface area contributed by atoms with Gasteiger partial charge in [0.25, 0.3) is 5.91 Å². The summed E-state index contributed by atoms with van der Waals surface area (Å²) in [6.45, 7) is 3.02. The van der Waals surface area contributed by atoms with Gasteiger partial charge in [0, 0.05) is 43.7 Å². The van der Waals surface area contributed by atoms with Crippen LogP contribution in [0.3, 0.4) is 0 Å². The Bertz CT molecular complexity index is 1140. The number of fused-ring (bicyclic) bond motifs is 1. The van der Waals surface area contributed by atoms with Crippen molar-refractivity contribution < 1.29 is 9.59 Å². The van der Waals surface area contributed by atoms with Crippen molar-refractivity contribution in [3.05, 3.63) is 65.7 Å². The molecule has 3 aromatic rings. The molecule has 31 heavy (non-hydrogen) atoms. The molecule has 2 amide bonds. The lowest BCUT2D eigenvalue weighted by molar-refractivity contribution is -0.117. The Morgan fingerprint density at radius 2 is 1.81 bits per heavy atom. The molecule has 0 aliphatic carbocycles. The standard InChI is InChI=1S/C25H26N4O2/c30-23-11-6-14-29(23)20-9-5-7-18(15-20)17-26-25(31)21-16-19-8-1-2-10-22(19)27-24(21)28-12-3-4-13-28/h1-2,5,7-10,15-16H,3-4,6,11-14,17H2,(H,26,31). The molecule has 158 valence electrons. The van der Waals surface area contributed by atoms with Crippen molar-refractivity contribution in [1.29, 1.82) is 0 Å². The predicted octanol–water partition coefficient (Wildman–Crippen LogP) is 3.89. The highest BCUT2D eigenvalue weighted by Gasteiger charge is 2.23. The first kappa shape index (κ1) is 19.5. The monoisotopic (exact) mass is 414 g/mol. The van der Waals surface area contributed by atoms with Crippen molar-refractivity contribution in [3.8, 4) is 0 Å². The van der Waals surface area contributed by atoms with E-state index in [2.05, 4.69) is 10.2 Å². The van der Waals surface area contributed by atoms with E-state index >= 15 is 0 Å². The van der Waals surface area contributed by atoms with Crippen LogP contribution >= 0.6 is 0 Å². The van der Waals surface area contributed by atoms with E-state index < -0.39 is 0 Å². The lowest BCUT2D eigenvalue weighted by Crippen LogP contribution is -2.28. The quantitative estimate of drug-likeness (QED) is 0.688. The summed E-state index contributed by atoms with van der Waals surface area (Å²) in [5, 5.41) is 4.03. The first-order valence-electron chi connectivity index (χ1n) is 11.0. The maximum Gasteiger partial charge on any atom is 0.255 e. The first-order chi connectivity index (χ1) is 15.2. The predicted molar refractivity (Wildman–Crippen MR) is 122 cm³/mol. The van der Waals surface area contributed by atoms with Crippen LogP contribution in [0.2, 0.25) is 0 Å². The number of benzene rings is 2. The van der Waals surface area contributed by atoms with Gasteiger partial charge in [0.05, 0.1) is 11.1 Å². The lowest BCUT2D eigenvalue weighted by Gasteiger charge is -2.21. The van der Waals surface area contributed by atoms with Crippen LogP contribution in [0.4, 0.5) is 11.5 Å². The minimum Gasteiger partial charge on any atom is -0.356 e. The van der Waals surface area contributed by atoms with Gasteiger partial charge < -0.3 is 15.1 Å². The number of hydrogen-bond acceptors (Lipinski definition) is 4. The van der Waals surface area contributed by atoms with E-state index in [9.17, 15) is 9.59 Å². The molecule has 6 nitrogen and oxygen atoms in total. The molecule has 0 spiro atoms. The van der Waals surface area contributed by atoms with Gasteiger partial charge in [-0.15, -0.1) is 0 Å². The van der Waals surface area contributed by atoms with Crippen LogP contribution in [0.25, 0.3) is 10.9 Å². The van der Waals surface area contributed by atoms with Crippen molar-refractivity contribution in [1.82, 2.24) is 10.3 Å². The van der Waals surface area contributed by atoms with E-state index in [-0.39, 0.29) is 11.8 Å². The number of rotatable bonds is 5. The molecule has 0 atom stereocenters. The molecular formula is C25H26N4O2. The Labute approximate surface area is 181 Å². The molecule has 2 aromatic carbocycles. The zero-order chi connectivity index (χ0) is 21.2. The van der Waals surface area contributed by atoms with E-state index in [1.54, 1.807) is 0 Å². The topological polar surface area (TPSA) is 65.5 Å². The summed E-state index contributed by atoms with van der Waals surface area (Å²) in [6, 6.07) is 17.7. The largest absolute Gasteiger partial charge is 0.356 e. The number of pyridine rings is 1. The number of amides is 2. The summed E-state index contributed by atoms with van der Waals surface area (Å²) in [6.07, 6.45) is 3.75. The van der Waals surface area contributed by atoms with Crippen molar-refractivity contribution in [2.75, 3.05) is 29.4 Å². The Kier molecular flexibility index (Phi) is 5.28. The summed E-state index contributed by atoms with van der Waals surface area (Å²) < 4.78 is 0. The van der Waals surface area contributed by atoms with Gasteiger partial charge in [-0.1, -0.05) is 30.3 Å². The normalized spacial score (nSPS) is 16.3. The summed E-state index contributed by atoms with van der Waals surface area (Å²) in [7, 11) is 0. The second kappa shape index (κ2) is 8.38. The maximum absolute atomic E-state index is 13.2. The molecule has 5 rings (SSSR count). The molecule has 2 saturated heterocycles. The molecule has 6 heteroatoms. The van der Waals surface area contributed by atoms with Gasteiger partial charge in [0.15, 0.2) is 0 Å². The Hall–Kier alpha value is -3.41. The highest BCUT2D eigenvalue weighted by atomic mass is 16.2. The lowest BCUT2D eigenvalue weighted by atomic mass is 10.1. The van der Waals surface area contributed by atoms with E-state index in [0.29, 0.717) is 18.5 Å². The third kappa shape index (κ3) is 3.98.